The fraction of sp³-hybridized carbons (Fsp3) is 1.00. The van der Waals surface area contributed by atoms with Gasteiger partial charge < -0.3 is 0 Å². The molecule has 1 nitrogen and oxygen atoms in total. The van der Waals surface area contributed by atoms with Crippen LogP contribution < -0.4 is 5.32 Å². The Labute approximate surface area is 235 Å². The van der Waals surface area contributed by atoms with Crippen LogP contribution in [0.4, 0.5) is 132 Å². The van der Waals surface area contributed by atoms with E-state index in [0.717, 1.165) is 0 Å². The number of nitrogens with one attached hydrogen (secondary N) is 1. The summed E-state index contributed by atoms with van der Waals surface area (Å²) in [6.45, 7) is 0. The third-order valence-electron chi connectivity index (χ3n) is 5.52. The molecule has 2 unspecified atom stereocenters. The molecule has 0 aromatic heterocycles. The minimum absolute atomic E-state index is 1.57. The molecular formula is C16H5F30N. The van der Waals surface area contributed by atoms with E-state index in [1.54, 1.807) is 0 Å². The van der Waals surface area contributed by atoms with Crippen molar-refractivity contribution in [1.29, 1.82) is 0 Å². The van der Waals surface area contributed by atoms with Crippen molar-refractivity contribution in [2.24, 2.45) is 0 Å². The van der Waals surface area contributed by atoms with Gasteiger partial charge in [-0.05, 0) is 0 Å². The summed E-state index contributed by atoms with van der Waals surface area (Å²) in [5, 5.41) is -1.57. The molecule has 0 aliphatic carbocycles. The highest BCUT2D eigenvalue weighted by Crippen LogP contribution is 2.63. The lowest BCUT2D eigenvalue weighted by atomic mass is 9.90. The molecule has 0 aromatic rings. The highest BCUT2D eigenvalue weighted by atomic mass is 19.4. The highest BCUT2D eigenvalue weighted by Gasteiger charge is 2.94. The molecule has 0 aliphatic heterocycles. The summed E-state index contributed by atoms with van der Waals surface area (Å²) in [6.07, 6.45) is -25.8. The molecular weight excluding hydrogens is 776 g/mol. The van der Waals surface area contributed by atoms with E-state index in [1.165, 1.54) is 0 Å². The quantitative estimate of drug-likeness (QED) is 0.122. The molecule has 2 atom stereocenters. The molecule has 284 valence electrons. The van der Waals surface area contributed by atoms with Crippen LogP contribution in [0.2, 0.25) is 0 Å². The molecule has 1 N–H and O–H groups in total. The van der Waals surface area contributed by atoms with E-state index >= 15 is 0 Å². The van der Waals surface area contributed by atoms with Gasteiger partial charge in [-0.15, -0.1) is 0 Å². The molecule has 0 bridgehead atoms. The Balaban J connectivity index is 6.85. The molecule has 0 amide bonds. The van der Waals surface area contributed by atoms with Crippen molar-refractivity contribution in [3.8, 4) is 0 Å². The van der Waals surface area contributed by atoms with E-state index in [1.807, 2.05) is 0 Å². The lowest BCUT2D eigenvalue weighted by Gasteiger charge is -2.43. The molecule has 0 rings (SSSR count). The monoisotopic (exact) mass is 781 g/mol. The van der Waals surface area contributed by atoms with Gasteiger partial charge in [-0.3, -0.25) is 0 Å². The van der Waals surface area contributed by atoms with Crippen molar-refractivity contribution in [1.82, 2.24) is 5.32 Å². The Kier molecular flexibility index (Phi) is 11.2. The summed E-state index contributed by atoms with van der Waals surface area (Å²) in [5.74, 6) is -104. The molecule has 0 heterocycles. The van der Waals surface area contributed by atoms with Crippen LogP contribution in [0.3, 0.4) is 0 Å². The Hall–Kier alpha value is -2.14. The first-order valence-electron chi connectivity index (χ1n) is 10.1. The van der Waals surface area contributed by atoms with Crippen LogP contribution in [0.1, 0.15) is 0 Å². The van der Waals surface area contributed by atoms with Crippen molar-refractivity contribution < 1.29 is 132 Å². The van der Waals surface area contributed by atoms with Gasteiger partial charge in [-0.25, -0.2) is 31.7 Å². The second-order valence-electron chi connectivity index (χ2n) is 8.58. The van der Waals surface area contributed by atoms with Crippen molar-refractivity contribution in [2.75, 3.05) is 0 Å². The molecule has 0 spiro atoms. The van der Waals surface area contributed by atoms with Gasteiger partial charge in [0.05, 0.1) is 0 Å². The Morgan fingerprint density at radius 1 is 0.234 bits per heavy atom. The first-order valence-corrected chi connectivity index (χ1v) is 10.1. The van der Waals surface area contributed by atoms with Crippen molar-refractivity contribution in [3.63, 3.8) is 0 Å². The second kappa shape index (κ2) is 11.7. The summed E-state index contributed by atoms with van der Waals surface area (Å²) in [4.78, 5) is 0. The zero-order valence-corrected chi connectivity index (χ0v) is 20.1. The largest absolute Gasteiger partial charge is 0.384 e. The maximum absolute atomic E-state index is 13.6. The maximum atomic E-state index is 13.6. The number of alkyl halides is 30. The Bertz CT molecular complexity index is 1000. The molecule has 0 aliphatic rings. The van der Waals surface area contributed by atoms with Crippen molar-refractivity contribution >= 4 is 0 Å². The van der Waals surface area contributed by atoms with E-state index in [4.69, 9.17) is 0 Å². The van der Waals surface area contributed by atoms with E-state index in [2.05, 4.69) is 0 Å². The van der Waals surface area contributed by atoms with E-state index in [9.17, 15) is 132 Å². The van der Waals surface area contributed by atoms with Gasteiger partial charge in [-0.1, -0.05) is 0 Å². The molecule has 0 aromatic carbocycles. The minimum atomic E-state index is -9.06. The highest BCUT2D eigenvalue weighted by molar-refractivity contribution is 5.15. The number of hydrogen-bond acceptors (Lipinski definition) is 1. The lowest BCUT2D eigenvalue weighted by Crippen LogP contribution is -2.75. The van der Waals surface area contributed by atoms with Crippen LogP contribution in [0.5, 0.6) is 0 Å². The smallest absolute Gasteiger partial charge is 0.247 e. The summed E-state index contributed by atoms with van der Waals surface area (Å²) in [7, 11) is 0. The summed E-state index contributed by atoms with van der Waals surface area (Å²) >= 11 is 0. The first kappa shape index (κ1) is 44.9. The van der Waals surface area contributed by atoms with Gasteiger partial charge in [0.15, 0.2) is 0 Å². The van der Waals surface area contributed by atoms with Gasteiger partial charge in [0.25, 0.3) is 0 Å². The number of halogens is 30. The predicted octanol–water partition coefficient (Wildman–Crippen LogP) is 9.32. The minimum Gasteiger partial charge on any atom is -0.247 e. The normalized spacial score (nSPS) is 17.9. The summed E-state index contributed by atoms with van der Waals surface area (Å²) in [6, 6.07) is 0. The number of hydrogen-bond donors (Lipinski definition) is 1. The topological polar surface area (TPSA) is 12.0 Å². The Morgan fingerprint density at radius 2 is 0.383 bits per heavy atom. The average Bonchev–Trinajstić information content (AvgIpc) is 2.86. The maximum Gasteiger partial charge on any atom is 0.384 e. The van der Waals surface area contributed by atoms with Gasteiger partial charge in [0, 0.05) is 0 Å². The molecule has 0 saturated heterocycles. The SMILES string of the molecule is FC(F)C(F)(F)C(F)(F)C(F)(F)C(F)(F)C(F)(F)C(F)(F)C(F)NC(F)C(F)(F)C(F)(F)C(F)(F)C(F)(F)C(F)(F)C(F)(F)C(F)F. The van der Waals surface area contributed by atoms with Crippen LogP contribution >= 0.6 is 0 Å². The fourth-order valence-electron chi connectivity index (χ4n) is 2.56. The molecule has 0 radical (unpaired) electrons. The zero-order valence-electron chi connectivity index (χ0n) is 20.1. The van der Waals surface area contributed by atoms with Gasteiger partial charge in [0.2, 0.25) is 12.6 Å². The predicted molar refractivity (Wildman–Crippen MR) is 84.3 cm³/mol. The summed E-state index contributed by atoms with van der Waals surface area (Å²) in [5.41, 5.74) is 0. The zero-order chi connectivity index (χ0) is 39.0. The van der Waals surface area contributed by atoms with Crippen LogP contribution in [-0.4, -0.2) is 96.5 Å². The Morgan fingerprint density at radius 3 is 0.532 bits per heavy atom. The standard InChI is InChI=1S/C16H5F30N/c17-1(18)5(23,24)9(31,32)13(39,40)15(43,44)11(35,36)7(27,28)3(21)47-4(22)8(29,30)12(37,38)16(45,46)14(41,42)10(33,34)6(25,26)2(19)20/h1-4,47H. The van der Waals surface area contributed by atoms with Crippen molar-refractivity contribution in [3.05, 3.63) is 0 Å². The second-order valence-corrected chi connectivity index (χ2v) is 8.58. The van der Waals surface area contributed by atoms with Crippen molar-refractivity contribution in [2.45, 2.75) is 96.5 Å². The van der Waals surface area contributed by atoms with Gasteiger partial charge in [0.1, 0.15) is 0 Å². The van der Waals surface area contributed by atoms with E-state index < -0.39 is 102 Å². The van der Waals surface area contributed by atoms with Gasteiger partial charge >= 0.3 is 83.9 Å². The van der Waals surface area contributed by atoms with E-state index in [0.29, 0.717) is 0 Å². The first-order chi connectivity index (χ1) is 19.9. The van der Waals surface area contributed by atoms with E-state index in [-0.39, 0.29) is 0 Å². The third-order valence-corrected chi connectivity index (χ3v) is 5.52. The summed E-state index contributed by atoms with van der Waals surface area (Å²) < 4.78 is 394. The molecule has 47 heavy (non-hydrogen) atoms. The molecule has 0 saturated carbocycles. The fourth-order valence-corrected chi connectivity index (χ4v) is 2.56. The van der Waals surface area contributed by atoms with Gasteiger partial charge in [-0.2, -0.15) is 105 Å². The average molecular weight is 781 g/mol. The van der Waals surface area contributed by atoms with Crippen LogP contribution in [-0.2, 0) is 0 Å². The molecule has 31 heteroatoms. The number of rotatable bonds is 16. The third kappa shape index (κ3) is 5.73. The van der Waals surface area contributed by atoms with Crippen LogP contribution in [0.25, 0.3) is 0 Å². The lowest BCUT2D eigenvalue weighted by molar-refractivity contribution is -0.441. The molecule has 0 fully saturated rings. The van der Waals surface area contributed by atoms with Crippen LogP contribution in [0.15, 0.2) is 0 Å². The van der Waals surface area contributed by atoms with Crippen LogP contribution in [0, 0.1) is 0 Å².